The van der Waals surface area contributed by atoms with Gasteiger partial charge in [0.2, 0.25) is 0 Å². The van der Waals surface area contributed by atoms with Crippen LogP contribution < -0.4 is 5.73 Å². The maximum Gasteiger partial charge on any atom is 0.0414 e. The first-order valence-corrected chi connectivity index (χ1v) is 5.18. The van der Waals surface area contributed by atoms with E-state index in [0.29, 0.717) is 12.1 Å². The number of nitrogens with two attached hydrogens (primary N) is 1. The van der Waals surface area contributed by atoms with Crippen LogP contribution in [0.1, 0.15) is 17.8 Å². The van der Waals surface area contributed by atoms with Gasteiger partial charge < -0.3 is 5.73 Å². The first-order chi connectivity index (χ1) is 5.77. The lowest BCUT2D eigenvalue weighted by Crippen LogP contribution is -2.56. The third-order valence-electron chi connectivity index (χ3n) is 2.44. The van der Waals surface area contributed by atoms with Crippen molar-refractivity contribution in [3.63, 3.8) is 0 Å². The summed E-state index contributed by atoms with van der Waals surface area (Å²) in [6.45, 7) is 4.36. The molecular formula is C9H14N2S. The van der Waals surface area contributed by atoms with Gasteiger partial charge >= 0.3 is 0 Å². The van der Waals surface area contributed by atoms with E-state index in [-0.39, 0.29) is 0 Å². The number of thiophene rings is 1. The van der Waals surface area contributed by atoms with Gasteiger partial charge in [-0.05, 0) is 18.4 Å². The molecule has 1 saturated heterocycles. The van der Waals surface area contributed by atoms with E-state index in [4.69, 9.17) is 5.73 Å². The monoisotopic (exact) mass is 182 g/mol. The average molecular weight is 182 g/mol. The Balaban J connectivity index is 1.97. The third-order valence-corrected chi connectivity index (χ3v) is 3.48. The average Bonchev–Trinajstić information content (AvgIpc) is 2.49. The Labute approximate surface area is 77.0 Å². The van der Waals surface area contributed by atoms with Crippen LogP contribution in [0.3, 0.4) is 0 Å². The van der Waals surface area contributed by atoms with Gasteiger partial charge in [0.25, 0.3) is 0 Å². The summed E-state index contributed by atoms with van der Waals surface area (Å²) in [7, 11) is 0. The zero-order chi connectivity index (χ0) is 8.55. The van der Waals surface area contributed by atoms with Crippen molar-refractivity contribution in [1.82, 2.24) is 4.90 Å². The maximum atomic E-state index is 5.72. The number of hydrogen-bond donors (Lipinski definition) is 1. The van der Waals surface area contributed by atoms with Crippen molar-refractivity contribution in [3.8, 4) is 0 Å². The lowest BCUT2D eigenvalue weighted by Gasteiger charge is -2.40. The van der Waals surface area contributed by atoms with Crippen molar-refractivity contribution < 1.29 is 0 Å². The number of hydrogen-bond acceptors (Lipinski definition) is 3. The molecule has 2 heterocycles. The fourth-order valence-corrected chi connectivity index (χ4v) is 2.39. The molecule has 1 aliphatic heterocycles. The van der Waals surface area contributed by atoms with Crippen LogP contribution >= 0.6 is 11.3 Å². The highest BCUT2D eigenvalue weighted by Crippen LogP contribution is 2.27. The summed E-state index contributed by atoms with van der Waals surface area (Å²) in [5.41, 5.74) is 5.72. The van der Waals surface area contributed by atoms with Crippen LogP contribution in [0.5, 0.6) is 0 Å². The van der Waals surface area contributed by atoms with Crippen molar-refractivity contribution in [3.05, 3.63) is 22.4 Å². The second-order valence-electron chi connectivity index (χ2n) is 3.41. The molecular weight excluding hydrogens is 168 g/mol. The largest absolute Gasteiger partial charge is 0.325 e. The molecule has 0 spiro atoms. The lowest BCUT2D eigenvalue weighted by molar-refractivity contribution is 0.105. The van der Waals surface area contributed by atoms with E-state index in [1.54, 1.807) is 0 Å². The minimum absolute atomic E-state index is 0.410. The van der Waals surface area contributed by atoms with Crippen molar-refractivity contribution in [2.45, 2.75) is 19.0 Å². The molecule has 1 aliphatic rings. The van der Waals surface area contributed by atoms with E-state index in [0.717, 1.165) is 13.1 Å². The second-order valence-corrected chi connectivity index (χ2v) is 4.38. The standard InChI is InChI=1S/C9H14N2S/c1-7(9-3-2-4-12-9)11-5-8(10)6-11/h2-4,7-8H,5-6,10H2,1H3. The third kappa shape index (κ3) is 1.40. The molecule has 2 N–H and O–H groups in total. The number of likely N-dealkylation sites (tertiary alicyclic amines) is 1. The first kappa shape index (κ1) is 8.23. The van der Waals surface area contributed by atoms with E-state index in [9.17, 15) is 0 Å². The number of nitrogens with zero attached hydrogens (tertiary/aromatic N) is 1. The fourth-order valence-electron chi connectivity index (χ4n) is 1.57. The van der Waals surface area contributed by atoms with Crippen LogP contribution in [0.15, 0.2) is 17.5 Å². The molecule has 1 atom stereocenters. The normalized spacial score (nSPS) is 22.2. The molecule has 0 bridgehead atoms. The van der Waals surface area contributed by atoms with Crippen LogP contribution in [0, 0.1) is 0 Å². The van der Waals surface area contributed by atoms with Gasteiger partial charge in [-0.15, -0.1) is 11.3 Å². The summed E-state index contributed by atoms with van der Waals surface area (Å²) in [6.07, 6.45) is 0. The molecule has 0 saturated carbocycles. The summed E-state index contributed by atoms with van der Waals surface area (Å²) >= 11 is 1.83. The van der Waals surface area contributed by atoms with Crippen molar-refractivity contribution in [2.75, 3.05) is 13.1 Å². The Morgan fingerprint density at radius 2 is 2.42 bits per heavy atom. The molecule has 3 heteroatoms. The summed E-state index contributed by atoms with van der Waals surface area (Å²) in [6, 6.07) is 5.27. The lowest BCUT2D eigenvalue weighted by atomic mass is 10.1. The highest BCUT2D eigenvalue weighted by Gasteiger charge is 2.28. The Morgan fingerprint density at radius 1 is 1.67 bits per heavy atom. The predicted molar refractivity (Wildman–Crippen MR) is 52.3 cm³/mol. The Hall–Kier alpha value is -0.380. The van der Waals surface area contributed by atoms with Gasteiger partial charge in [-0.2, -0.15) is 0 Å². The quantitative estimate of drug-likeness (QED) is 0.750. The van der Waals surface area contributed by atoms with Gasteiger partial charge in [-0.1, -0.05) is 6.07 Å². The predicted octanol–water partition coefficient (Wildman–Crippen LogP) is 1.45. The van der Waals surface area contributed by atoms with Crippen LogP contribution in [0.25, 0.3) is 0 Å². The number of rotatable bonds is 2. The van der Waals surface area contributed by atoms with E-state index in [1.807, 2.05) is 11.3 Å². The Bertz CT molecular complexity index is 239. The zero-order valence-corrected chi connectivity index (χ0v) is 8.05. The summed E-state index contributed by atoms with van der Waals surface area (Å²) in [5, 5.41) is 2.13. The second kappa shape index (κ2) is 3.17. The van der Waals surface area contributed by atoms with Crippen molar-refractivity contribution in [2.24, 2.45) is 5.73 Å². The Morgan fingerprint density at radius 3 is 2.92 bits per heavy atom. The summed E-state index contributed by atoms with van der Waals surface area (Å²) in [4.78, 5) is 3.86. The topological polar surface area (TPSA) is 29.3 Å². The molecule has 0 aliphatic carbocycles. The van der Waals surface area contributed by atoms with Gasteiger partial charge in [0.15, 0.2) is 0 Å². The van der Waals surface area contributed by atoms with Gasteiger partial charge in [0, 0.05) is 30.1 Å². The van der Waals surface area contributed by atoms with Crippen LogP contribution in [-0.2, 0) is 0 Å². The zero-order valence-electron chi connectivity index (χ0n) is 7.23. The first-order valence-electron chi connectivity index (χ1n) is 4.30. The van der Waals surface area contributed by atoms with Gasteiger partial charge in [0.1, 0.15) is 0 Å². The molecule has 2 nitrogen and oxygen atoms in total. The minimum Gasteiger partial charge on any atom is -0.325 e. The maximum absolute atomic E-state index is 5.72. The minimum atomic E-state index is 0.410. The molecule has 1 aromatic heterocycles. The van der Waals surface area contributed by atoms with Gasteiger partial charge in [-0.25, -0.2) is 0 Å². The molecule has 0 aromatic carbocycles. The van der Waals surface area contributed by atoms with Gasteiger partial charge in [0.05, 0.1) is 0 Å². The van der Waals surface area contributed by atoms with E-state index in [1.165, 1.54) is 4.88 Å². The Kier molecular flexibility index (Phi) is 2.17. The van der Waals surface area contributed by atoms with Crippen molar-refractivity contribution in [1.29, 1.82) is 0 Å². The molecule has 1 aromatic rings. The smallest absolute Gasteiger partial charge is 0.0414 e. The van der Waals surface area contributed by atoms with Crippen molar-refractivity contribution >= 4 is 11.3 Å². The summed E-state index contributed by atoms with van der Waals surface area (Å²) < 4.78 is 0. The fraction of sp³-hybridized carbons (Fsp3) is 0.556. The van der Waals surface area contributed by atoms with E-state index >= 15 is 0 Å². The molecule has 1 unspecified atom stereocenters. The molecule has 2 rings (SSSR count). The van der Waals surface area contributed by atoms with Crippen LogP contribution in [-0.4, -0.2) is 24.0 Å². The molecule has 12 heavy (non-hydrogen) atoms. The molecule has 66 valence electrons. The highest BCUT2D eigenvalue weighted by molar-refractivity contribution is 7.10. The SMILES string of the molecule is CC(c1cccs1)N1CC(N)C1. The van der Waals surface area contributed by atoms with E-state index in [2.05, 4.69) is 29.3 Å². The van der Waals surface area contributed by atoms with E-state index < -0.39 is 0 Å². The highest BCUT2D eigenvalue weighted by atomic mass is 32.1. The molecule has 0 amide bonds. The van der Waals surface area contributed by atoms with Crippen LogP contribution in [0.2, 0.25) is 0 Å². The molecule has 0 radical (unpaired) electrons. The molecule has 1 fully saturated rings. The summed E-state index contributed by atoms with van der Waals surface area (Å²) in [5.74, 6) is 0. The van der Waals surface area contributed by atoms with Gasteiger partial charge in [-0.3, -0.25) is 4.90 Å². The van der Waals surface area contributed by atoms with Crippen LogP contribution in [0.4, 0.5) is 0 Å².